The van der Waals surface area contributed by atoms with Crippen molar-refractivity contribution in [2.45, 2.75) is 6.92 Å². The number of nitrogens with zero attached hydrogens (tertiary/aromatic N) is 1. The van der Waals surface area contributed by atoms with Crippen LogP contribution in [0.25, 0.3) is 10.3 Å². The van der Waals surface area contributed by atoms with Crippen LogP contribution in [0.5, 0.6) is 0 Å². The quantitative estimate of drug-likeness (QED) is 0.733. The predicted octanol–water partition coefficient (Wildman–Crippen LogP) is 1.90. The molecule has 4 nitrogen and oxygen atoms in total. The van der Waals surface area contributed by atoms with Gasteiger partial charge < -0.3 is 9.52 Å². The van der Waals surface area contributed by atoms with Gasteiger partial charge in [-0.2, -0.15) is 4.37 Å². The molecule has 2 rings (SSSR count). The van der Waals surface area contributed by atoms with Crippen molar-refractivity contribution in [3.8, 4) is 0 Å². The maximum atomic E-state index is 10.6. The molecular weight excluding hydrogens is 178 g/mol. The van der Waals surface area contributed by atoms with Crippen molar-refractivity contribution >= 4 is 27.8 Å². The van der Waals surface area contributed by atoms with E-state index in [1.165, 1.54) is 0 Å². The Labute approximate surface area is 71.6 Å². The first-order valence-electron chi connectivity index (χ1n) is 3.27. The lowest BCUT2D eigenvalue weighted by Gasteiger charge is -1.83. The molecule has 0 spiro atoms. The number of carboxylic acids is 1. The molecule has 0 saturated heterocycles. The van der Waals surface area contributed by atoms with Crippen LogP contribution in [0.4, 0.5) is 0 Å². The van der Waals surface area contributed by atoms with E-state index in [0.717, 1.165) is 16.2 Å². The monoisotopic (exact) mass is 183 g/mol. The third-order valence-corrected chi connectivity index (χ3v) is 2.25. The highest BCUT2D eigenvalue weighted by molar-refractivity contribution is 7.13. The maximum absolute atomic E-state index is 10.6. The van der Waals surface area contributed by atoms with Crippen LogP contribution in [0.1, 0.15) is 16.2 Å². The molecule has 62 valence electrons. The van der Waals surface area contributed by atoms with Crippen molar-refractivity contribution in [1.29, 1.82) is 0 Å². The molecule has 0 atom stereocenters. The standard InChI is InChI=1S/C7H5NO3S/c1-3-2-4-6(11-3)5(7(9)10)8-12-4/h2H,1H3,(H,9,10). The van der Waals surface area contributed by atoms with Gasteiger partial charge in [-0.1, -0.05) is 0 Å². The second-order valence-corrected chi connectivity index (χ2v) is 3.19. The van der Waals surface area contributed by atoms with Crippen LogP contribution in [0.15, 0.2) is 10.5 Å². The molecule has 0 fully saturated rings. The first-order chi connectivity index (χ1) is 5.68. The molecule has 0 aliphatic carbocycles. The van der Waals surface area contributed by atoms with E-state index in [2.05, 4.69) is 4.37 Å². The minimum absolute atomic E-state index is 0.00287. The molecule has 2 heterocycles. The zero-order valence-corrected chi connectivity index (χ0v) is 7.01. The highest BCUT2D eigenvalue weighted by Crippen LogP contribution is 2.25. The Hall–Kier alpha value is -1.36. The molecule has 0 radical (unpaired) electrons. The molecule has 2 aromatic heterocycles. The number of hydrogen-bond donors (Lipinski definition) is 1. The second-order valence-electron chi connectivity index (χ2n) is 2.39. The van der Waals surface area contributed by atoms with Crippen molar-refractivity contribution in [3.05, 3.63) is 17.5 Å². The second kappa shape index (κ2) is 2.31. The summed E-state index contributed by atoms with van der Waals surface area (Å²) in [6.07, 6.45) is 0. The van der Waals surface area contributed by atoms with Gasteiger partial charge in [0.2, 0.25) is 5.69 Å². The lowest BCUT2D eigenvalue weighted by atomic mass is 10.4. The van der Waals surface area contributed by atoms with Gasteiger partial charge >= 0.3 is 5.97 Å². The van der Waals surface area contributed by atoms with Crippen molar-refractivity contribution in [3.63, 3.8) is 0 Å². The number of aromatic carboxylic acids is 1. The fourth-order valence-electron chi connectivity index (χ4n) is 0.996. The van der Waals surface area contributed by atoms with E-state index in [0.29, 0.717) is 11.3 Å². The summed E-state index contributed by atoms with van der Waals surface area (Å²) in [5.41, 5.74) is 0.383. The Morgan fingerprint density at radius 1 is 1.75 bits per heavy atom. The van der Waals surface area contributed by atoms with Gasteiger partial charge in [-0.05, 0) is 24.5 Å². The summed E-state index contributed by atoms with van der Waals surface area (Å²) < 4.78 is 9.69. The average Bonchev–Trinajstić information content (AvgIpc) is 2.43. The van der Waals surface area contributed by atoms with Crippen molar-refractivity contribution in [1.82, 2.24) is 4.37 Å². The molecule has 2 aromatic rings. The van der Waals surface area contributed by atoms with Crippen LogP contribution >= 0.6 is 11.5 Å². The molecule has 0 bridgehead atoms. The van der Waals surface area contributed by atoms with Crippen LogP contribution in [0.2, 0.25) is 0 Å². The Bertz CT molecular complexity index is 442. The van der Waals surface area contributed by atoms with E-state index in [-0.39, 0.29) is 5.69 Å². The van der Waals surface area contributed by atoms with Gasteiger partial charge in [0.1, 0.15) is 5.76 Å². The van der Waals surface area contributed by atoms with Crippen LogP contribution in [-0.2, 0) is 0 Å². The lowest BCUT2D eigenvalue weighted by molar-refractivity contribution is 0.0693. The van der Waals surface area contributed by atoms with Gasteiger partial charge in [-0.15, -0.1) is 0 Å². The van der Waals surface area contributed by atoms with Crippen molar-refractivity contribution in [2.75, 3.05) is 0 Å². The molecule has 0 unspecified atom stereocenters. The summed E-state index contributed by atoms with van der Waals surface area (Å²) >= 11 is 1.14. The normalized spacial score (nSPS) is 10.8. The Morgan fingerprint density at radius 3 is 3.17 bits per heavy atom. The van der Waals surface area contributed by atoms with E-state index in [9.17, 15) is 4.79 Å². The Balaban J connectivity index is 2.76. The third-order valence-electron chi connectivity index (χ3n) is 1.47. The first-order valence-corrected chi connectivity index (χ1v) is 4.05. The molecular formula is C7H5NO3S. The number of fused-ring (bicyclic) bond motifs is 1. The number of rotatable bonds is 1. The average molecular weight is 183 g/mol. The Kier molecular flexibility index (Phi) is 1.41. The van der Waals surface area contributed by atoms with Gasteiger partial charge in [0.05, 0.1) is 4.70 Å². The van der Waals surface area contributed by atoms with Gasteiger partial charge in [0.15, 0.2) is 5.58 Å². The number of carbonyl (C=O) groups is 1. The van der Waals surface area contributed by atoms with Crippen LogP contribution in [0.3, 0.4) is 0 Å². The Morgan fingerprint density at radius 2 is 2.50 bits per heavy atom. The maximum Gasteiger partial charge on any atom is 0.359 e. The number of aryl methyl sites for hydroxylation is 1. The molecule has 0 aromatic carbocycles. The molecule has 12 heavy (non-hydrogen) atoms. The predicted molar refractivity (Wildman–Crippen MR) is 43.6 cm³/mol. The van der Waals surface area contributed by atoms with Gasteiger partial charge in [-0.25, -0.2) is 4.79 Å². The SMILES string of the molecule is Cc1cc2snc(C(=O)O)c2o1. The van der Waals surface area contributed by atoms with E-state index in [1.807, 2.05) is 0 Å². The lowest BCUT2D eigenvalue weighted by Crippen LogP contribution is -1.95. The summed E-state index contributed by atoms with van der Waals surface area (Å²) in [7, 11) is 0. The molecule has 5 heteroatoms. The summed E-state index contributed by atoms with van der Waals surface area (Å²) in [5.74, 6) is -0.336. The molecule has 0 amide bonds. The largest absolute Gasteiger partial charge is 0.476 e. The fourth-order valence-corrected chi connectivity index (χ4v) is 1.79. The molecule has 0 aliphatic rings. The summed E-state index contributed by atoms with van der Waals surface area (Å²) in [5, 5.41) is 8.67. The fraction of sp³-hybridized carbons (Fsp3) is 0.143. The van der Waals surface area contributed by atoms with Gasteiger partial charge in [0.25, 0.3) is 0 Å². The van der Waals surface area contributed by atoms with E-state index in [1.54, 1.807) is 13.0 Å². The highest BCUT2D eigenvalue weighted by atomic mass is 32.1. The zero-order valence-electron chi connectivity index (χ0n) is 6.20. The van der Waals surface area contributed by atoms with Crippen LogP contribution in [-0.4, -0.2) is 15.4 Å². The third kappa shape index (κ3) is 0.902. The van der Waals surface area contributed by atoms with Crippen LogP contribution < -0.4 is 0 Å². The van der Waals surface area contributed by atoms with Crippen LogP contribution in [0, 0.1) is 6.92 Å². The molecule has 0 saturated carbocycles. The van der Waals surface area contributed by atoms with E-state index < -0.39 is 5.97 Å². The number of aromatic nitrogens is 1. The smallest absolute Gasteiger partial charge is 0.359 e. The van der Waals surface area contributed by atoms with E-state index >= 15 is 0 Å². The van der Waals surface area contributed by atoms with Gasteiger partial charge in [0, 0.05) is 0 Å². The topological polar surface area (TPSA) is 63.3 Å². The minimum atomic E-state index is -1.05. The van der Waals surface area contributed by atoms with Crippen molar-refractivity contribution in [2.24, 2.45) is 0 Å². The van der Waals surface area contributed by atoms with E-state index in [4.69, 9.17) is 9.52 Å². The molecule has 0 aliphatic heterocycles. The highest BCUT2D eigenvalue weighted by Gasteiger charge is 2.16. The molecule has 1 N–H and O–H groups in total. The first kappa shape index (κ1) is 7.30. The minimum Gasteiger partial charge on any atom is -0.476 e. The number of carboxylic acid groups (broad SMARTS) is 1. The number of furan rings is 1. The summed E-state index contributed by atoms with van der Waals surface area (Å²) in [6.45, 7) is 1.78. The summed E-state index contributed by atoms with van der Waals surface area (Å²) in [4.78, 5) is 10.6. The van der Waals surface area contributed by atoms with Gasteiger partial charge in [-0.3, -0.25) is 0 Å². The number of hydrogen-bond acceptors (Lipinski definition) is 4. The zero-order chi connectivity index (χ0) is 8.72. The summed E-state index contributed by atoms with van der Waals surface area (Å²) in [6, 6.07) is 1.78. The van der Waals surface area contributed by atoms with Crippen molar-refractivity contribution < 1.29 is 14.3 Å².